The van der Waals surface area contributed by atoms with Crippen LogP contribution in [0.3, 0.4) is 0 Å². The van der Waals surface area contributed by atoms with Crippen molar-refractivity contribution < 1.29 is 43.2 Å². The lowest BCUT2D eigenvalue weighted by Gasteiger charge is -2.39. The van der Waals surface area contributed by atoms with E-state index in [0.717, 1.165) is 6.92 Å². The molecule has 4 unspecified atom stereocenters. The quantitative estimate of drug-likeness (QED) is 0.574. The van der Waals surface area contributed by atoms with Crippen LogP contribution < -0.4 is 0 Å². The Morgan fingerprint density at radius 1 is 0.962 bits per heavy atom. The highest BCUT2D eigenvalue weighted by Crippen LogP contribution is 2.26. The SMILES string of the molecule is CC.CC(=O)O.CC(=O)OCC1OC(C)CC(OC(C)=O)C1OC(C)=O. The van der Waals surface area contributed by atoms with Crippen LogP contribution >= 0.6 is 0 Å². The molecule has 152 valence electrons. The molecule has 0 radical (unpaired) electrons. The molecule has 0 spiro atoms. The van der Waals surface area contributed by atoms with E-state index in [-0.39, 0.29) is 12.7 Å². The third kappa shape index (κ3) is 13.2. The lowest BCUT2D eigenvalue weighted by molar-refractivity contribution is -0.212. The summed E-state index contributed by atoms with van der Waals surface area (Å²) in [6.45, 7) is 10.6. The minimum atomic E-state index is -0.833. The highest BCUT2D eigenvalue weighted by atomic mass is 16.6. The van der Waals surface area contributed by atoms with E-state index < -0.39 is 42.2 Å². The lowest BCUT2D eigenvalue weighted by atomic mass is 9.98. The zero-order valence-electron chi connectivity index (χ0n) is 16.4. The molecule has 0 saturated carbocycles. The summed E-state index contributed by atoms with van der Waals surface area (Å²) in [5.41, 5.74) is 0. The number of carboxylic acid groups (broad SMARTS) is 1. The second-order valence-corrected chi connectivity index (χ2v) is 5.26. The zero-order chi connectivity index (χ0) is 20.9. The smallest absolute Gasteiger partial charge is 0.303 e. The molecule has 0 aromatic heterocycles. The molecular formula is C17H30O9. The van der Waals surface area contributed by atoms with Gasteiger partial charge in [0, 0.05) is 34.1 Å². The molecule has 9 nitrogen and oxygen atoms in total. The Bertz CT molecular complexity index is 457. The van der Waals surface area contributed by atoms with Crippen molar-refractivity contribution >= 4 is 23.9 Å². The molecule has 1 aliphatic heterocycles. The summed E-state index contributed by atoms with van der Waals surface area (Å²) in [4.78, 5) is 42.2. The fraction of sp³-hybridized carbons (Fsp3) is 0.765. The van der Waals surface area contributed by atoms with Gasteiger partial charge in [-0.2, -0.15) is 0 Å². The van der Waals surface area contributed by atoms with Gasteiger partial charge in [-0.05, 0) is 6.92 Å². The highest BCUT2D eigenvalue weighted by molar-refractivity contribution is 5.67. The number of rotatable bonds is 4. The summed E-state index contributed by atoms with van der Waals surface area (Å²) in [7, 11) is 0. The van der Waals surface area contributed by atoms with Crippen LogP contribution in [0.25, 0.3) is 0 Å². The van der Waals surface area contributed by atoms with Crippen LogP contribution in [0.1, 0.15) is 54.9 Å². The van der Waals surface area contributed by atoms with Crippen molar-refractivity contribution in [2.45, 2.75) is 79.3 Å². The average Bonchev–Trinajstić information content (AvgIpc) is 2.48. The van der Waals surface area contributed by atoms with Gasteiger partial charge in [0.2, 0.25) is 0 Å². The van der Waals surface area contributed by atoms with E-state index in [1.807, 2.05) is 13.8 Å². The maximum Gasteiger partial charge on any atom is 0.303 e. The summed E-state index contributed by atoms with van der Waals surface area (Å²) >= 11 is 0. The first kappa shape index (κ1) is 26.1. The minimum absolute atomic E-state index is 0.0601. The number of hydrogen-bond acceptors (Lipinski definition) is 8. The first-order valence-corrected chi connectivity index (χ1v) is 8.35. The molecule has 0 amide bonds. The molecule has 0 aliphatic carbocycles. The molecule has 1 saturated heterocycles. The average molecular weight is 378 g/mol. The molecule has 0 aromatic carbocycles. The Labute approximate surface area is 153 Å². The van der Waals surface area contributed by atoms with Gasteiger partial charge in [0.05, 0.1) is 6.10 Å². The molecule has 1 fully saturated rings. The normalized spacial score (nSPS) is 23.8. The Kier molecular flexibility index (Phi) is 14.1. The zero-order valence-corrected chi connectivity index (χ0v) is 16.4. The third-order valence-electron chi connectivity index (χ3n) is 2.77. The van der Waals surface area contributed by atoms with E-state index in [2.05, 4.69) is 0 Å². The van der Waals surface area contributed by atoms with Crippen molar-refractivity contribution in [2.24, 2.45) is 0 Å². The molecule has 26 heavy (non-hydrogen) atoms. The highest BCUT2D eigenvalue weighted by Gasteiger charge is 2.42. The van der Waals surface area contributed by atoms with E-state index >= 15 is 0 Å². The van der Waals surface area contributed by atoms with Gasteiger partial charge in [0.15, 0.2) is 6.10 Å². The summed E-state index contributed by atoms with van der Waals surface area (Å²) in [5.74, 6) is -2.27. The van der Waals surface area contributed by atoms with Crippen molar-refractivity contribution in [2.75, 3.05) is 6.61 Å². The summed E-state index contributed by atoms with van der Waals surface area (Å²) in [6.07, 6.45) is -1.84. The lowest BCUT2D eigenvalue weighted by Crippen LogP contribution is -2.53. The van der Waals surface area contributed by atoms with Crippen molar-refractivity contribution in [3.63, 3.8) is 0 Å². The number of carbonyl (C=O) groups is 4. The van der Waals surface area contributed by atoms with Gasteiger partial charge in [-0.25, -0.2) is 0 Å². The predicted molar refractivity (Wildman–Crippen MR) is 91.4 cm³/mol. The summed E-state index contributed by atoms with van der Waals surface area (Å²) in [5, 5.41) is 7.42. The molecule has 9 heteroatoms. The Hall–Kier alpha value is -2.16. The number of hydrogen-bond donors (Lipinski definition) is 1. The monoisotopic (exact) mass is 378 g/mol. The maximum atomic E-state index is 11.2. The molecule has 0 aromatic rings. The second-order valence-electron chi connectivity index (χ2n) is 5.26. The van der Waals surface area contributed by atoms with E-state index in [0.29, 0.717) is 6.42 Å². The topological polar surface area (TPSA) is 125 Å². The van der Waals surface area contributed by atoms with Crippen molar-refractivity contribution in [1.29, 1.82) is 0 Å². The van der Waals surface area contributed by atoms with Crippen LogP contribution in [0.5, 0.6) is 0 Å². The number of esters is 3. The molecule has 1 rings (SSSR count). The van der Waals surface area contributed by atoms with Crippen molar-refractivity contribution in [3.05, 3.63) is 0 Å². The molecular weight excluding hydrogens is 348 g/mol. The Morgan fingerprint density at radius 3 is 1.81 bits per heavy atom. The van der Waals surface area contributed by atoms with E-state index in [9.17, 15) is 14.4 Å². The van der Waals surface area contributed by atoms with Gasteiger partial charge in [0.25, 0.3) is 5.97 Å². The van der Waals surface area contributed by atoms with E-state index in [4.69, 9.17) is 28.8 Å². The first-order chi connectivity index (χ1) is 12.0. The standard InChI is InChI=1S/C13H20O7.C2H4O2.C2H6/c1-7-5-11(19-9(3)15)13(20-10(4)16)12(18-7)6-17-8(2)14;1-2(3)4;1-2/h7,11-13H,5-6H2,1-4H3;1H3,(H,3,4);1-2H3. The fourth-order valence-electron chi connectivity index (χ4n) is 2.14. The van der Waals surface area contributed by atoms with Gasteiger partial charge in [-0.15, -0.1) is 0 Å². The Morgan fingerprint density at radius 2 is 1.42 bits per heavy atom. The van der Waals surface area contributed by atoms with Crippen LogP contribution in [0, 0.1) is 0 Å². The van der Waals surface area contributed by atoms with Crippen molar-refractivity contribution in [1.82, 2.24) is 0 Å². The van der Waals surface area contributed by atoms with Crippen LogP contribution in [0.2, 0.25) is 0 Å². The fourth-order valence-corrected chi connectivity index (χ4v) is 2.14. The van der Waals surface area contributed by atoms with Gasteiger partial charge in [-0.3, -0.25) is 19.2 Å². The first-order valence-electron chi connectivity index (χ1n) is 8.35. The molecule has 4 atom stereocenters. The van der Waals surface area contributed by atoms with E-state index in [1.54, 1.807) is 6.92 Å². The van der Waals surface area contributed by atoms with Crippen LogP contribution in [0.4, 0.5) is 0 Å². The van der Waals surface area contributed by atoms with Crippen LogP contribution in [0.15, 0.2) is 0 Å². The largest absolute Gasteiger partial charge is 0.481 e. The van der Waals surface area contributed by atoms with Gasteiger partial charge < -0.3 is 24.1 Å². The number of carbonyl (C=O) groups excluding carboxylic acids is 3. The molecule has 0 bridgehead atoms. The van der Waals surface area contributed by atoms with Gasteiger partial charge in [0.1, 0.15) is 18.8 Å². The van der Waals surface area contributed by atoms with Crippen LogP contribution in [-0.2, 0) is 38.1 Å². The number of aliphatic carboxylic acids is 1. The number of carboxylic acids is 1. The minimum Gasteiger partial charge on any atom is -0.481 e. The molecule has 1 N–H and O–H groups in total. The molecule has 1 aliphatic rings. The third-order valence-corrected chi connectivity index (χ3v) is 2.77. The summed E-state index contributed by atoms with van der Waals surface area (Å²) in [6, 6.07) is 0. The summed E-state index contributed by atoms with van der Waals surface area (Å²) < 4.78 is 20.9. The van der Waals surface area contributed by atoms with Gasteiger partial charge in [-0.1, -0.05) is 13.8 Å². The van der Waals surface area contributed by atoms with E-state index in [1.165, 1.54) is 20.8 Å². The number of ether oxygens (including phenoxy) is 4. The maximum absolute atomic E-state index is 11.2. The van der Waals surface area contributed by atoms with Crippen molar-refractivity contribution in [3.8, 4) is 0 Å². The second kappa shape index (κ2) is 14.1. The van der Waals surface area contributed by atoms with Crippen LogP contribution in [-0.4, -0.2) is 60.0 Å². The predicted octanol–water partition coefficient (Wildman–Crippen LogP) is 1.71. The van der Waals surface area contributed by atoms with Gasteiger partial charge >= 0.3 is 17.9 Å². The Balaban J connectivity index is 0. The molecule has 1 heterocycles.